The molecule has 1 amide bonds. The molecule has 122 valence electrons. The van der Waals surface area contributed by atoms with Crippen molar-refractivity contribution in [3.8, 4) is 0 Å². The minimum atomic E-state index is -0.157. The van der Waals surface area contributed by atoms with Crippen LogP contribution in [0.25, 0.3) is 0 Å². The predicted molar refractivity (Wildman–Crippen MR) is 84.3 cm³/mol. The third-order valence-electron chi connectivity index (χ3n) is 5.18. The Morgan fingerprint density at radius 2 is 2.14 bits per heavy atom. The molecule has 21 heavy (non-hydrogen) atoms. The summed E-state index contributed by atoms with van der Waals surface area (Å²) in [6.07, 6.45) is 4.86. The first kappa shape index (κ1) is 16.7. The second-order valence-electron chi connectivity index (χ2n) is 7.44. The second-order valence-corrected chi connectivity index (χ2v) is 7.44. The van der Waals surface area contributed by atoms with Gasteiger partial charge in [0.05, 0.1) is 5.60 Å². The van der Waals surface area contributed by atoms with Gasteiger partial charge in [0.25, 0.3) is 0 Å². The van der Waals surface area contributed by atoms with Crippen LogP contribution in [0, 0.1) is 5.92 Å². The largest absolute Gasteiger partial charge is 0.363 e. The molecule has 2 atom stereocenters. The lowest BCUT2D eigenvalue weighted by Gasteiger charge is -2.45. The van der Waals surface area contributed by atoms with E-state index in [0.717, 1.165) is 38.4 Å². The van der Waals surface area contributed by atoms with Crippen molar-refractivity contribution in [3.05, 3.63) is 0 Å². The lowest BCUT2D eigenvalue weighted by molar-refractivity contribution is -0.136. The van der Waals surface area contributed by atoms with Crippen LogP contribution in [0.3, 0.4) is 0 Å². The lowest BCUT2D eigenvalue weighted by Crippen LogP contribution is -2.60. The zero-order valence-corrected chi connectivity index (χ0v) is 14.0. The molecule has 0 aromatic rings. The Morgan fingerprint density at radius 1 is 1.43 bits per heavy atom. The minimum Gasteiger partial charge on any atom is -0.363 e. The van der Waals surface area contributed by atoms with E-state index in [1.54, 1.807) is 0 Å². The Morgan fingerprint density at radius 3 is 2.67 bits per heavy atom. The molecule has 2 rings (SSSR count). The molecule has 0 bridgehead atoms. The second kappa shape index (κ2) is 6.63. The van der Waals surface area contributed by atoms with E-state index >= 15 is 0 Å². The quantitative estimate of drug-likeness (QED) is 0.768. The molecule has 5 heteroatoms. The zero-order chi connectivity index (χ0) is 15.5. The maximum Gasteiger partial charge on any atom is 0.246 e. The van der Waals surface area contributed by atoms with E-state index in [0.29, 0.717) is 0 Å². The predicted octanol–water partition coefficient (Wildman–Crippen LogP) is 0.992. The summed E-state index contributed by atoms with van der Waals surface area (Å²) in [5.41, 5.74) is -0.0504. The highest BCUT2D eigenvalue weighted by Crippen LogP contribution is 2.35. The van der Waals surface area contributed by atoms with Gasteiger partial charge >= 0.3 is 0 Å². The summed E-state index contributed by atoms with van der Waals surface area (Å²) < 4.78 is 5.69. The van der Waals surface area contributed by atoms with Crippen LogP contribution < -0.4 is 10.6 Å². The molecule has 1 aliphatic carbocycles. The summed E-state index contributed by atoms with van der Waals surface area (Å²) in [6, 6.07) is 0. The Balaban J connectivity index is 1.79. The molecule has 0 aromatic heterocycles. The first-order valence-corrected chi connectivity index (χ1v) is 8.14. The summed E-state index contributed by atoms with van der Waals surface area (Å²) in [5, 5.41) is 6.26. The highest BCUT2D eigenvalue weighted by molar-refractivity contribution is 5.77. The number of hydrogen-bond acceptors (Lipinski definition) is 4. The lowest BCUT2D eigenvalue weighted by atomic mass is 9.75. The van der Waals surface area contributed by atoms with Gasteiger partial charge in [0.2, 0.25) is 5.91 Å². The Labute approximate surface area is 128 Å². The summed E-state index contributed by atoms with van der Waals surface area (Å²) in [5.74, 6) is 0.733. The summed E-state index contributed by atoms with van der Waals surface area (Å²) in [4.78, 5) is 14.3. The van der Waals surface area contributed by atoms with Crippen LogP contribution in [0.5, 0.6) is 0 Å². The van der Waals surface area contributed by atoms with Gasteiger partial charge in [-0.2, -0.15) is 0 Å². The molecule has 2 fully saturated rings. The van der Waals surface area contributed by atoms with Gasteiger partial charge in [-0.25, -0.2) is 0 Å². The maximum absolute atomic E-state index is 12.0. The van der Waals surface area contributed by atoms with Crippen molar-refractivity contribution in [2.75, 3.05) is 40.3 Å². The molecule has 0 aromatic carbocycles. The summed E-state index contributed by atoms with van der Waals surface area (Å²) in [7, 11) is 4.25. The molecule has 2 unspecified atom stereocenters. The van der Waals surface area contributed by atoms with Crippen molar-refractivity contribution in [2.24, 2.45) is 5.92 Å². The molecule has 1 heterocycles. The van der Waals surface area contributed by atoms with Gasteiger partial charge in [-0.1, -0.05) is 19.8 Å². The fourth-order valence-corrected chi connectivity index (χ4v) is 3.49. The van der Waals surface area contributed by atoms with E-state index in [2.05, 4.69) is 36.6 Å². The molecular weight excluding hydrogens is 266 g/mol. The van der Waals surface area contributed by atoms with Gasteiger partial charge in [0.15, 0.2) is 0 Å². The van der Waals surface area contributed by atoms with Crippen molar-refractivity contribution in [1.82, 2.24) is 15.5 Å². The topological polar surface area (TPSA) is 53.6 Å². The summed E-state index contributed by atoms with van der Waals surface area (Å²) >= 11 is 0. The first-order valence-electron chi connectivity index (χ1n) is 8.14. The SMILES string of the molecule is CC1CCCC(CNC(=O)COC2(C)CNC2)(N(C)C)C1. The van der Waals surface area contributed by atoms with Crippen LogP contribution >= 0.6 is 0 Å². The Hall–Kier alpha value is -0.650. The minimum absolute atomic E-state index is 0.00239. The van der Waals surface area contributed by atoms with Crippen LogP contribution in [-0.2, 0) is 9.53 Å². The van der Waals surface area contributed by atoms with Gasteiger partial charge in [0.1, 0.15) is 6.61 Å². The number of nitrogens with zero attached hydrogens (tertiary/aromatic N) is 1. The van der Waals surface area contributed by atoms with Crippen LogP contribution in [0.1, 0.15) is 39.5 Å². The molecule has 2 aliphatic rings. The van der Waals surface area contributed by atoms with E-state index in [1.807, 2.05) is 6.92 Å². The Kier molecular flexibility index (Phi) is 5.28. The third-order valence-corrected chi connectivity index (χ3v) is 5.18. The van der Waals surface area contributed by atoms with Gasteiger partial charge in [-0.15, -0.1) is 0 Å². The smallest absolute Gasteiger partial charge is 0.246 e. The van der Waals surface area contributed by atoms with Gasteiger partial charge in [0, 0.05) is 25.2 Å². The average Bonchev–Trinajstić information content (AvgIpc) is 2.40. The maximum atomic E-state index is 12.0. The number of amides is 1. The van der Waals surface area contributed by atoms with Crippen molar-refractivity contribution >= 4 is 5.91 Å². The molecule has 1 saturated heterocycles. The average molecular weight is 297 g/mol. The third kappa shape index (κ3) is 4.18. The monoisotopic (exact) mass is 297 g/mol. The van der Waals surface area contributed by atoms with E-state index in [1.165, 1.54) is 12.8 Å². The van der Waals surface area contributed by atoms with Crippen molar-refractivity contribution in [1.29, 1.82) is 0 Å². The number of rotatable bonds is 6. The number of carbonyl (C=O) groups excluding carboxylic acids is 1. The van der Waals surface area contributed by atoms with E-state index in [9.17, 15) is 4.79 Å². The van der Waals surface area contributed by atoms with Gasteiger partial charge in [-0.05, 0) is 39.8 Å². The molecule has 5 nitrogen and oxygen atoms in total. The standard InChI is InChI=1S/C16H31N3O2/c1-13-6-5-7-16(8-13,19(3)4)12-18-14(20)9-21-15(2)10-17-11-15/h13,17H,5-12H2,1-4H3,(H,18,20). The van der Waals surface area contributed by atoms with E-state index in [-0.39, 0.29) is 23.7 Å². The van der Waals surface area contributed by atoms with Crippen molar-refractivity contribution < 1.29 is 9.53 Å². The Bertz CT molecular complexity index is 369. The van der Waals surface area contributed by atoms with Crippen molar-refractivity contribution in [2.45, 2.75) is 50.7 Å². The first-order chi connectivity index (χ1) is 9.85. The number of ether oxygens (including phenoxy) is 1. The highest BCUT2D eigenvalue weighted by Gasteiger charge is 2.37. The van der Waals surface area contributed by atoms with E-state index < -0.39 is 0 Å². The normalized spacial score (nSPS) is 31.8. The van der Waals surface area contributed by atoms with Crippen LogP contribution in [0.15, 0.2) is 0 Å². The van der Waals surface area contributed by atoms with Gasteiger partial charge in [-0.3, -0.25) is 4.79 Å². The molecule has 2 N–H and O–H groups in total. The summed E-state index contributed by atoms with van der Waals surface area (Å²) in [6.45, 7) is 6.91. The molecule has 1 saturated carbocycles. The fourth-order valence-electron chi connectivity index (χ4n) is 3.49. The molecule has 0 spiro atoms. The van der Waals surface area contributed by atoms with E-state index in [4.69, 9.17) is 4.74 Å². The van der Waals surface area contributed by atoms with Crippen LogP contribution in [0.2, 0.25) is 0 Å². The molecule has 0 radical (unpaired) electrons. The van der Waals surface area contributed by atoms with Crippen LogP contribution in [0.4, 0.5) is 0 Å². The van der Waals surface area contributed by atoms with Crippen LogP contribution in [-0.4, -0.2) is 62.3 Å². The highest BCUT2D eigenvalue weighted by atomic mass is 16.5. The zero-order valence-electron chi connectivity index (χ0n) is 14.0. The number of hydrogen-bond donors (Lipinski definition) is 2. The number of nitrogens with one attached hydrogen (secondary N) is 2. The number of carbonyl (C=O) groups is 1. The number of likely N-dealkylation sites (N-methyl/N-ethyl adjacent to an activating group) is 1. The molecule has 1 aliphatic heterocycles. The molecular formula is C16H31N3O2. The van der Waals surface area contributed by atoms with Crippen molar-refractivity contribution in [3.63, 3.8) is 0 Å². The van der Waals surface area contributed by atoms with Gasteiger partial charge < -0.3 is 20.3 Å². The fraction of sp³-hybridized carbons (Fsp3) is 0.938.